The van der Waals surface area contributed by atoms with E-state index in [-0.39, 0.29) is 24.2 Å². The SMILES string of the molecule is Cc1ccc(C(=O)N(CCCO)C(C)C)cc1[N+](=O)[O-]. The fraction of sp³-hybridized carbons (Fsp3) is 0.500. The number of nitrogens with zero attached hydrogens (tertiary/aromatic N) is 2. The van der Waals surface area contributed by atoms with Gasteiger partial charge in [0.25, 0.3) is 11.6 Å². The molecule has 0 spiro atoms. The van der Waals surface area contributed by atoms with Crippen LogP contribution in [-0.4, -0.2) is 40.0 Å². The number of amides is 1. The first-order valence-electron chi connectivity index (χ1n) is 6.55. The van der Waals surface area contributed by atoms with Gasteiger partial charge >= 0.3 is 0 Å². The molecule has 0 aliphatic carbocycles. The molecule has 1 aromatic carbocycles. The van der Waals surface area contributed by atoms with Gasteiger partial charge in [-0.1, -0.05) is 6.07 Å². The van der Waals surface area contributed by atoms with E-state index in [0.717, 1.165) is 0 Å². The molecule has 0 heterocycles. The molecule has 6 nitrogen and oxygen atoms in total. The number of nitro groups is 1. The van der Waals surface area contributed by atoms with Gasteiger partial charge in [0.1, 0.15) is 0 Å². The van der Waals surface area contributed by atoms with Crippen molar-refractivity contribution in [1.82, 2.24) is 4.90 Å². The Bertz CT molecular complexity index is 500. The van der Waals surface area contributed by atoms with Crippen LogP contribution in [0.4, 0.5) is 5.69 Å². The third kappa shape index (κ3) is 3.77. The second-order valence-corrected chi connectivity index (χ2v) is 4.93. The lowest BCUT2D eigenvalue weighted by Gasteiger charge is -2.26. The fourth-order valence-corrected chi connectivity index (χ4v) is 1.94. The van der Waals surface area contributed by atoms with Crippen molar-refractivity contribution < 1.29 is 14.8 Å². The van der Waals surface area contributed by atoms with Gasteiger partial charge in [0, 0.05) is 36.4 Å². The third-order valence-electron chi connectivity index (χ3n) is 3.09. The number of hydrogen-bond donors (Lipinski definition) is 1. The highest BCUT2D eigenvalue weighted by atomic mass is 16.6. The maximum atomic E-state index is 12.4. The summed E-state index contributed by atoms with van der Waals surface area (Å²) in [6.07, 6.45) is 0.484. The van der Waals surface area contributed by atoms with E-state index in [1.807, 2.05) is 13.8 Å². The highest BCUT2D eigenvalue weighted by Crippen LogP contribution is 2.21. The van der Waals surface area contributed by atoms with Crippen molar-refractivity contribution >= 4 is 11.6 Å². The molecule has 110 valence electrons. The van der Waals surface area contributed by atoms with E-state index in [0.29, 0.717) is 24.1 Å². The van der Waals surface area contributed by atoms with Crippen LogP contribution in [0.5, 0.6) is 0 Å². The molecule has 0 bridgehead atoms. The Hall–Kier alpha value is -1.95. The van der Waals surface area contributed by atoms with E-state index in [9.17, 15) is 14.9 Å². The number of carbonyl (C=O) groups is 1. The fourth-order valence-electron chi connectivity index (χ4n) is 1.94. The van der Waals surface area contributed by atoms with E-state index in [2.05, 4.69) is 0 Å². The van der Waals surface area contributed by atoms with Crippen LogP contribution in [0.2, 0.25) is 0 Å². The van der Waals surface area contributed by atoms with Crippen molar-refractivity contribution in [2.24, 2.45) is 0 Å². The Balaban J connectivity index is 3.05. The number of nitro benzene ring substituents is 1. The molecule has 6 heteroatoms. The van der Waals surface area contributed by atoms with Gasteiger partial charge < -0.3 is 10.0 Å². The van der Waals surface area contributed by atoms with Gasteiger partial charge in [0.2, 0.25) is 0 Å². The molecule has 1 amide bonds. The average molecular weight is 280 g/mol. The van der Waals surface area contributed by atoms with Crippen molar-refractivity contribution in [2.45, 2.75) is 33.2 Å². The predicted octanol–water partition coefficient (Wildman–Crippen LogP) is 2.14. The average Bonchev–Trinajstić information content (AvgIpc) is 2.38. The normalized spacial score (nSPS) is 10.7. The van der Waals surface area contributed by atoms with E-state index >= 15 is 0 Å². The standard InChI is InChI=1S/C14H20N2O4/c1-10(2)15(7-4-8-17)14(18)12-6-5-11(3)13(9-12)16(19)20/h5-6,9-10,17H,4,7-8H2,1-3H3. The summed E-state index contributed by atoms with van der Waals surface area (Å²) >= 11 is 0. The number of aryl methyl sites for hydroxylation is 1. The molecular weight excluding hydrogens is 260 g/mol. The molecule has 0 unspecified atom stereocenters. The summed E-state index contributed by atoms with van der Waals surface area (Å²) < 4.78 is 0. The van der Waals surface area contributed by atoms with Crippen LogP contribution in [0, 0.1) is 17.0 Å². The predicted molar refractivity (Wildman–Crippen MR) is 75.7 cm³/mol. The number of rotatable bonds is 6. The van der Waals surface area contributed by atoms with Crippen LogP contribution in [0.15, 0.2) is 18.2 Å². The van der Waals surface area contributed by atoms with Crippen LogP contribution in [-0.2, 0) is 0 Å². The van der Waals surface area contributed by atoms with Crippen molar-refractivity contribution in [3.05, 3.63) is 39.4 Å². The van der Waals surface area contributed by atoms with Gasteiger partial charge in [-0.15, -0.1) is 0 Å². The van der Waals surface area contributed by atoms with Crippen molar-refractivity contribution in [2.75, 3.05) is 13.2 Å². The lowest BCUT2D eigenvalue weighted by Crippen LogP contribution is -2.38. The van der Waals surface area contributed by atoms with E-state index < -0.39 is 4.92 Å². The van der Waals surface area contributed by atoms with Gasteiger partial charge in [-0.2, -0.15) is 0 Å². The molecule has 1 rings (SSSR count). The van der Waals surface area contributed by atoms with Crippen molar-refractivity contribution in [1.29, 1.82) is 0 Å². The number of carbonyl (C=O) groups excluding carboxylic acids is 1. The highest BCUT2D eigenvalue weighted by Gasteiger charge is 2.21. The lowest BCUT2D eigenvalue weighted by molar-refractivity contribution is -0.385. The van der Waals surface area contributed by atoms with E-state index in [4.69, 9.17) is 5.11 Å². The van der Waals surface area contributed by atoms with Crippen molar-refractivity contribution in [3.8, 4) is 0 Å². The molecule has 0 aromatic heterocycles. The quantitative estimate of drug-likeness (QED) is 0.639. The Morgan fingerprint density at radius 1 is 1.45 bits per heavy atom. The van der Waals surface area contributed by atoms with Crippen molar-refractivity contribution in [3.63, 3.8) is 0 Å². The molecular formula is C14H20N2O4. The molecule has 0 saturated carbocycles. The number of benzene rings is 1. The summed E-state index contributed by atoms with van der Waals surface area (Å²) in [5.41, 5.74) is 0.772. The summed E-state index contributed by atoms with van der Waals surface area (Å²) in [5.74, 6) is -0.253. The van der Waals surface area contributed by atoms with Gasteiger partial charge in [0.15, 0.2) is 0 Å². The molecule has 0 aliphatic rings. The van der Waals surface area contributed by atoms with Gasteiger partial charge in [-0.05, 0) is 33.3 Å². The van der Waals surface area contributed by atoms with Crippen LogP contribution in [0.3, 0.4) is 0 Å². The van der Waals surface area contributed by atoms with Crippen LogP contribution in [0.1, 0.15) is 36.2 Å². The number of hydrogen-bond acceptors (Lipinski definition) is 4. The number of aliphatic hydroxyl groups excluding tert-OH is 1. The maximum absolute atomic E-state index is 12.4. The molecule has 0 saturated heterocycles. The first-order valence-corrected chi connectivity index (χ1v) is 6.55. The Kier molecular flexibility index (Phi) is 5.64. The molecule has 0 radical (unpaired) electrons. The lowest BCUT2D eigenvalue weighted by atomic mass is 10.1. The first-order chi connectivity index (χ1) is 9.38. The third-order valence-corrected chi connectivity index (χ3v) is 3.09. The summed E-state index contributed by atoms with van der Waals surface area (Å²) in [6, 6.07) is 4.45. The summed E-state index contributed by atoms with van der Waals surface area (Å²) in [7, 11) is 0. The minimum absolute atomic E-state index is 0.00451. The Labute approximate surface area is 118 Å². The van der Waals surface area contributed by atoms with Crippen LogP contribution >= 0.6 is 0 Å². The zero-order valence-electron chi connectivity index (χ0n) is 12.0. The second-order valence-electron chi connectivity index (χ2n) is 4.93. The Morgan fingerprint density at radius 3 is 2.60 bits per heavy atom. The molecule has 0 fully saturated rings. The topological polar surface area (TPSA) is 83.7 Å². The first kappa shape index (κ1) is 16.1. The number of aliphatic hydroxyl groups is 1. The molecule has 0 atom stereocenters. The minimum atomic E-state index is -0.487. The molecule has 20 heavy (non-hydrogen) atoms. The van der Waals surface area contributed by atoms with Crippen LogP contribution in [0.25, 0.3) is 0 Å². The smallest absolute Gasteiger partial charge is 0.273 e. The minimum Gasteiger partial charge on any atom is -0.396 e. The largest absolute Gasteiger partial charge is 0.396 e. The van der Waals surface area contributed by atoms with E-state index in [1.165, 1.54) is 6.07 Å². The zero-order chi connectivity index (χ0) is 15.3. The van der Waals surface area contributed by atoms with E-state index in [1.54, 1.807) is 24.0 Å². The summed E-state index contributed by atoms with van der Waals surface area (Å²) in [5, 5.41) is 19.8. The van der Waals surface area contributed by atoms with Gasteiger partial charge in [-0.3, -0.25) is 14.9 Å². The molecule has 0 aliphatic heterocycles. The van der Waals surface area contributed by atoms with Gasteiger partial charge in [0.05, 0.1) is 4.92 Å². The van der Waals surface area contributed by atoms with Crippen LogP contribution < -0.4 is 0 Å². The zero-order valence-corrected chi connectivity index (χ0v) is 12.0. The highest BCUT2D eigenvalue weighted by molar-refractivity contribution is 5.95. The molecule has 1 aromatic rings. The monoisotopic (exact) mass is 280 g/mol. The maximum Gasteiger partial charge on any atom is 0.273 e. The second kappa shape index (κ2) is 7.00. The molecule has 1 N–H and O–H groups in total. The summed E-state index contributed by atoms with van der Waals surface area (Å²) in [6.45, 7) is 5.81. The Morgan fingerprint density at radius 2 is 2.10 bits per heavy atom. The summed E-state index contributed by atoms with van der Waals surface area (Å²) in [4.78, 5) is 24.4. The van der Waals surface area contributed by atoms with Gasteiger partial charge in [-0.25, -0.2) is 0 Å².